The van der Waals surface area contributed by atoms with Crippen LogP contribution in [0.5, 0.6) is 0 Å². The number of hydrogen-bond donors (Lipinski definition) is 0. The minimum atomic E-state index is -0.0694. The fourth-order valence-electron chi connectivity index (χ4n) is 2.60. The molecule has 3 aromatic carbocycles. The lowest BCUT2D eigenvalue weighted by Crippen LogP contribution is -1.94. The molecule has 3 heteroatoms. The van der Waals surface area contributed by atoms with Crippen molar-refractivity contribution >= 4 is 29.4 Å². The summed E-state index contributed by atoms with van der Waals surface area (Å²) in [6.45, 7) is 2.01. The molecule has 24 heavy (non-hydrogen) atoms. The van der Waals surface area contributed by atoms with Crippen molar-refractivity contribution in [2.75, 3.05) is 0 Å². The van der Waals surface area contributed by atoms with Gasteiger partial charge in [-0.1, -0.05) is 77.8 Å². The van der Waals surface area contributed by atoms with E-state index in [1.54, 1.807) is 6.07 Å². The van der Waals surface area contributed by atoms with Crippen LogP contribution in [0.3, 0.4) is 0 Å². The normalized spacial score (nSPS) is 12.5. The lowest BCUT2D eigenvalue weighted by atomic mass is 10.0. The molecule has 0 aliphatic rings. The molecule has 1 unspecified atom stereocenters. The second kappa shape index (κ2) is 7.65. The second-order valence-electron chi connectivity index (χ2n) is 5.57. The molecule has 0 spiro atoms. The summed E-state index contributed by atoms with van der Waals surface area (Å²) < 4.78 is 0. The zero-order chi connectivity index (χ0) is 16.9. The van der Waals surface area contributed by atoms with E-state index >= 15 is 0 Å². The van der Waals surface area contributed by atoms with E-state index in [0.717, 1.165) is 16.7 Å². The molecule has 0 aliphatic carbocycles. The van der Waals surface area contributed by atoms with Crippen LogP contribution in [0.4, 0.5) is 0 Å². The third-order valence-corrected chi connectivity index (χ3v) is 4.47. The van der Waals surface area contributed by atoms with Crippen molar-refractivity contribution in [2.24, 2.45) is 4.99 Å². The van der Waals surface area contributed by atoms with E-state index in [1.807, 2.05) is 55.6 Å². The van der Waals surface area contributed by atoms with E-state index in [1.165, 1.54) is 5.56 Å². The Balaban J connectivity index is 1.91. The number of rotatable bonds is 4. The monoisotopic (exact) mass is 353 g/mol. The first kappa shape index (κ1) is 16.8. The van der Waals surface area contributed by atoms with Crippen molar-refractivity contribution in [3.63, 3.8) is 0 Å². The summed E-state index contributed by atoms with van der Waals surface area (Å²) >= 11 is 12.3. The first-order valence-electron chi connectivity index (χ1n) is 7.78. The lowest BCUT2D eigenvalue weighted by molar-refractivity contribution is 0.825. The summed E-state index contributed by atoms with van der Waals surface area (Å²) in [5.74, 6) is 0. The van der Waals surface area contributed by atoms with Gasteiger partial charge in [-0.05, 0) is 41.8 Å². The Morgan fingerprint density at radius 1 is 0.875 bits per heavy atom. The molecule has 1 nitrogen and oxygen atoms in total. The molecule has 3 rings (SSSR count). The average Bonchev–Trinajstić information content (AvgIpc) is 2.62. The standard InChI is InChI=1S/C21H17Cl2N/c1-15(20-13-18(22)11-12-21(20)23)24-14-17-9-5-6-10-19(17)16-7-3-2-4-8-16/h2-15H,1H3/b24-14+. The zero-order valence-corrected chi connectivity index (χ0v) is 14.8. The Bertz CT molecular complexity index is 857. The Hall–Kier alpha value is -2.09. The van der Waals surface area contributed by atoms with E-state index in [9.17, 15) is 0 Å². The van der Waals surface area contributed by atoms with Crippen LogP contribution in [-0.2, 0) is 0 Å². The summed E-state index contributed by atoms with van der Waals surface area (Å²) in [5, 5.41) is 1.35. The molecule has 0 radical (unpaired) electrons. The number of aliphatic imine (C=N–C) groups is 1. The highest BCUT2D eigenvalue weighted by atomic mass is 35.5. The first-order chi connectivity index (χ1) is 11.6. The van der Waals surface area contributed by atoms with Gasteiger partial charge in [0.1, 0.15) is 0 Å². The molecule has 0 N–H and O–H groups in total. The fourth-order valence-corrected chi connectivity index (χ4v) is 3.05. The van der Waals surface area contributed by atoms with Crippen LogP contribution in [-0.4, -0.2) is 6.21 Å². The van der Waals surface area contributed by atoms with Crippen LogP contribution in [0.15, 0.2) is 77.8 Å². The van der Waals surface area contributed by atoms with Crippen molar-refractivity contribution < 1.29 is 0 Å². The molecule has 0 bridgehead atoms. The highest BCUT2D eigenvalue weighted by Gasteiger charge is 2.09. The fraction of sp³-hybridized carbons (Fsp3) is 0.0952. The van der Waals surface area contributed by atoms with Crippen LogP contribution in [0.25, 0.3) is 11.1 Å². The van der Waals surface area contributed by atoms with E-state index in [-0.39, 0.29) is 6.04 Å². The van der Waals surface area contributed by atoms with Crippen LogP contribution in [0.1, 0.15) is 24.1 Å². The van der Waals surface area contributed by atoms with Crippen LogP contribution < -0.4 is 0 Å². The van der Waals surface area contributed by atoms with Gasteiger partial charge < -0.3 is 0 Å². The van der Waals surface area contributed by atoms with Gasteiger partial charge >= 0.3 is 0 Å². The summed E-state index contributed by atoms with van der Waals surface area (Å²) in [7, 11) is 0. The molecule has 0 amide bonds. The van der Waals surface area contributed by atoms with E-state index in [0.29, 0.717) is 10.0 Å². The van der Waals surface area contributed by atoms with Gasteiger partial charge in [0.25, 0.3) is 0 Å². The smallest absolute Gasteiger partial charge is 0.0736 e. The lowest BCUT2D eigenvalue weighted by Gasteiger charge is -2.10. The van der Waals surface area contributed by atoms with Crippen molar-refractivity contribution in [3.05, 3.63) is 94.0 Å². The van der Waals surface area contributed by atoms with Crippen molar-refractivity contribution in [1.29, 1.82) is 0 Å². The van der Waals surface area contributed by atoms with E-state index in [2.05, 4.69) is 29.3 Å². The van der Waals surface area contributed by atoms with Crippen molar-refractivity contribution in [1.82, 2.24) is 0 Å². The average molecular weight is 354 g/mol. The summed E-state index contributed by atoms with van der Waals surface area (Å²) in [6, 6.07) is 23.9. The number of hydrogen-bond acceptors (Lipinski definition) is 1. The summed E-state index contributed by atoms with van der Waals surface area (Å²) in [4.78, 5) is 4.68. The Kier molecular flexibility index (Phi) is 5.34. The highest BCUT2D eigenvalue weighted by Crippen LogP contribution is 2.29. The number of benzene rings is 3. The molecule has 0 heterocycles. The maximum absolute atomic E-state index is 6.27. The van der Waals surface area contributed by atoms with Gasteiger partial charge in [0.15, 0.2) is 0 Å². The minimum Gasteiger partial charge on any atom is -0.285 e. The molecule has 0 aromatic heterocycles. The quantitative estimate of drug-likeness (QED) is 0.455. The predicted molar refractivity (Wildman–Crippen MR) is 104 cm³/mol. The van der Waals surface area contributed by atoms with Crippen LogP contribution in [0, 0.1) is 0 Å². The van der Waals surface area contributed by atoms with Gasteiger partial charge in [-0.15, -0.1) is 0 Å². The third-order valence-electron chi connectivity index (χ3n) is 3.89. The van der Waals surface area contributed by atoms with Gasteiger partial charge in [0.05, 0.1) is 6.04 Å². The number of nitrogens with zero attached hydrogens (tertiary/aromatic N) is 1. The number of halogens is 2. The first-order valence-corrected chi connectivity index (χ1v) is 8.53. The Labute approximate surface area is 152 Å². The summed E-state index contributed by atoms with van der Waals surface area (Å²) in [5.41, 5.74) is 4.34. The molecule has 0 fully saturated rings. The van der Waals surface area contributed by atoms with Gasteiger partial charge in [0, 0.05) is 21.8 Å². The Morgan fingerprint density at radius 3 is 2.38 bits per heavy atom. The maximum Gasteiger partial charge on any atom is 0.0736 e. The predicted octanol–water partition coefficient (Wildman–Crippen LogP) is 6.84. The molecule has 1 atom stereocenters. The van der Waals surface area contributed by atoms with Gasteiger partial charge in [0.2, 0.25) is 0 Å². The Morgan fingerprint density at radius 2 is 1.58 bits per heavy atom. The molecule has 3 aromatic rings. The second-order valence-corrected chi connectivity index (χ2v) is 6.42. The van der Waals surface area contributed by atoms with E-state index in [4.69, 9.17) is 23.2 Å². The van der Waals surface area contributed by atoms with Crippen LogP contribution in [0.2, 0.25) is 10.0 Å². The topological polar surface area (TPSA) is 12.4 Å². The van der Waals surface area contributed by atoms with Crippen LogP contribution >= 0.6 is 23.2 Å². The molecular formula is C21H17Cl2N. The SMILES string of the molecule is CC(/N=C/c1ccccc1-c1ccccc1)c1cc(Cl)ccc1Cl. The third kappa shape index (κ3) is 3.87. The molecule has 0 aliphatic heterocycles. The largest absolute Gasteiger partial charge is 0.285 e. The summed E-state index contributed by atoms with van der Waals surface area (Å²) in [6.07, 6.45) is 1.91. The molecular weight excluding hydrogens is 337 g/mol. The zero-order valence-electron chi connectivity index (χ0n) is 13.3. The molecule has 0 saturated heterocycles. The minimum absolute atomic E-state index is 0.0694. The van der Waals surface area contributed by atoms with Crippen molar-refractivity contribution in [3.8, 4) is 11.1 Å². The van der Waals surface area contributed by atoms with Crippen molar-refractivity contribution in [2.45, 2.75) is 13.0 Å². The molecule has 120 valence electrons. The van der Waals surface area contributed by atoms with Gasteiger partial charge in [-0.2, -0.15) is 0 Å². The molecule has 0 saturated carbocycles. The van der Waals surface area contributed by atoms with Gasteiger partial charge in [-0.3, -0.25) is 4.99 Å². The maximum atomic E-state index is 6.27. The highest BCUT2D eigenvalue weighted by molar-refractivity contribution is 6.33. The van der Waals surface area contributed by atoms with E-state index < -0.39 is 0 Å². The van der Waals surface area contributed by atoms with Gasteiger partial charge in [-0.25, -0.2) is 0 Å².